The van der Waals surface area contributed by atoms with Crippen LogP contribution in [0.4, 0.5) is 5.69 Å². The molecule has 2 rings (SSSR count). The molecule has 0 aliphatic rings. The number of anilines is 1. The largest absolute Gasteiger partial charge is 0.377 e. The molecule has 4 nitrogen and oxygen atoms in total. The van der Waals surface area contributed by atoms with E-state index < -0.39 is 0 Å². The molecule has 0 spiro atoms. The first kappa shape index (κ1) is 18.8. The van der Waals surface area contributed by atoms with Gasteiger partial charge in [0.1, 0.15) is 11.6 Å². The van der Waals surface area contributed by atoms with Gasteiger partial charge in [0, 0.05) is 25.1 Å². The van der Waals surface area contributed by atoms with Gasteiger partial charge in [0.2, 0.25) is 0 Å². The quantitative estimate of drug-likeness (QED) is 0.595. The number of benzene rings is 2. The maximum atomic E-state index is 12.2. The van der Waals surface area contributed by atoms with E-state index in [1.54, 1.807) is 6.08 Å². The van der Waals surface area contributed by atoms with Crippen LogP contribution in [0, 0.1) is 11.3 Å². The van der Waals surface area contributed by atoms with Gasteiger partial charge < -0.3 is 10.2 Å². The first-order chi connectivity index (χ1) is 12.0. The minimum Gasteiger partial charge on any atom is -0.377 e. The summed E-state index contributed by atoms with van der Waals surface area (Å²) in [5.41, 5.74) is 3.07. The van der Waals surface area contributed by atoms with Crippen LogP contribution in [0.2, 0.25) is 0 Å². The Kier molecular flexibility index (Phi) is 6.79. The van der Waals surface area contributed by atoms with E-state index in [1.807, 2.05) is 73.6 Å². The zero-order valence-corrected chi connectivity index (χ0v) is 15.9. The number of nitrogens with zero attached hydrogens (tertiary/aromatic N) is 2. The predicted octanol–water partition coefficient (Wildman–Crippen LogP) is 3.78. The Morgan fingerprint density at radius 1 is 1.24 bits per heavy atom. The van der Waals surface area contributed by atoms with Crippen LogP contribution < -0.4 is 10.2 Å². The number of nitrogens with one attached hydrogen (secondary N) is 1. The molecule has 2 aromatic rings. The van der Waals surface area contributed by atoms with Gasteiger partial charge in [0.05, 0.1) is 5.69 Å². The Bertz CT molecular complexity index is 807. The van der Waals surface area contributed by atoms with Gasteiger partial charge >= 0.3 is 0 Å². The van der Waals surface area contributed by atoms with E-state index >= 15 is 0 Å². The first-order valence-corrected chi connectivity index (χ1v) is 8.71. The standard InChI is InChI=1S/C20H20BrN3O/c1-24(2)19-9-8-16(13-18(19)21)12-17(14-22)20(25)23-11-10-15-6-4-3-5-7-15/h3-9,12-13H,10-11H2,1-2H3,(H,23,25)/b17-12+. The Morgan fingerprint density at radius 3 is 2.56 bits per heavy atom. The molecule has 1 N–H and O–H groups in total. The molecule has 25 heavy (non-hydrogen) atoms. The van der Waals surface area contributed by atoms with Crippen LogP contribution in [-0.2, 0) is 11.2 Å². The summed E-state index contributed by atoms with van der Waals surface area (Å²) in [5, 5.41) is 12.1. The smallest absolute Gasteiger partial charge is 0.261 e. The van der Waals surface area contributed by atoms with Crippen LogP contribution >= 0.6 is 15.9 Å². The van der Waals surface area contributed by atoms with Crippen LogP contribution in [0.5, 0.6) is 0 Å². The molecule has 0 aliphatic heterocycles. The number of nitriles is 1. The van der Waals surface area contributed by atoms with E-state index in [2.05, 4.69) is 21.2 Å². The van der Waals surface area contributed by atoms with Gasteiger partial charge in [0.15, 0.2) is 0 Å². The third-order valence-corrected chi connectivity index (χ3v) is 4.31. The van der Waals surface area contributed by atoms with E-state index in [9.17, 15) is 10.1 Å². The van der Waals surface area contributed by atoms with Gasteiger partial charge in [-0.3, -0.25) is 4.79 Å². The van der Waals surface area contributed by atoms with E-state index in [0.29, 0.717) is 6.54 Å². The third-order valence-electron chi connectivity index (χ3n) is 3.67. The number of carbonyl (C=O) groups excluding carboxylic acids is 1. The van der Waals surface area contributed by atoms with Crippen molar-refractivity contribution in [3.05, 3.63) is 69.7 Å². The fraction of sp³-hybridized carbons (Fsp3) is 0.200. The van der Waals surface area contributed by atoms with Crippen LogP contribution in [0.15, 0.2) is 58.6 Å². The fourth-order valence-electron chi connectivity index (χ4n) is 2.35. The Hall–Kier alpha value is -2.58. The minimum absolute atomic E-state index is 0.0950. The molecule has 0 atom stereocenters. The molecule has 0 heterocycles. The highest BCUT2D eigenvalue weighted by molar-refractivity contribution is 9.10. The normalized spacial score (nSPS) is 10.9. The first-order valence-electron chi connectivity index (χ1n) is 7.92. The topological polar surface area (TPSA) is 56.1 Å². The van der Waals surface area contributed by atoms with Crippen molar-refractivity contribution in [3.63, 3.8) is 0 Å². The average molecular weight is 398 g/mol. The average Bonchev–Trinajstić information content (AvgIpc) is 2.60. The van der Waals surface area contributed by atoms with Gasteiger partial charge in [-0.1, -0.05) is 36.4 Å². The molecule has 5 heteroatoms. The van der Waals surface area contributed by atoms with Crippen molar-refractivity contribution in [2.75, 3.05) is 25.5 Å². The van der Waals surface area contributed by atoms with Gasteiger partial charge in [-0.2, -0.15) is 5.26 Å². The molecule has 0 saturated carbocycles. The Morgan fingerprint density at radius 2 is 1.96 bits per heavy atom. The molecule has 128 valence electrons. The zero-order chi connectivity index (χ0) is 18.2. The van der Waals surface area contributed by atoms with E-state index in [1.165, 1.54) is 0 Å². The maximum absolute atomic E-state index is 12.2. The van der Waals surface area contributed by atoms with Gasteiger partial charge in [-0.15, -0.1) is 0 Å². The number of hydrogen-bond acceptors (Lipinski definition) is 3. The highest BCUT2D eigenvalue weighted by Gasteiger charge is 2.09. The predicted molar refractivity (Wildman–Crippen MR) is 105 cm³/mol. The number of rotatable bonds is 6. The summed E-state index contributed by atoms with van der Waals surface area (Å²) in [6, 6.07) is 17.6. The molecule has 0 fully saturated rings. The molecule has 0 aromatic heterocycles. The summed E-state index contributed by atoms with van der Waals surface area (Å²) in [4.78, 5) is 14.2. The van der Waals surface area contributed by atoms with Crippen molar-refractivity contribution < 1.29 is 4.79 Å². The molecule has 2 aromatic carbocycles. The summed E-state index contributed by atoms with van der Waals surface area (Å²) >= 11 is 3.51. The molecular weight excluding hydrogens is 378 g/mol. The van der Waals surface area contributed by atoms with Crippen molar-refractivity contribution in [2.45, 2.75) is 6.42 Å². The number of carbonyl (C=O) groups is 1. The van der Waals surface area contributed by atoms with E-state index in [-0.39, 0.29) is 11.5 Å². The second-order valence-corrected chi connectivity index (χ2v) is 6.62. The van der Waals surface area contributed by atoms with Crippen LogP contribution in [0.1, 0.15) is 11.1 Å². The highest BCUT2D eigenvalue weighted by atomic mass is 79.9. The summed E-state index contributed by atoms with van der Waals surface area (Å²) in [6.45, 7) is 0.491. The highest BCUT2D eigenvalue weighted by Crippen LogP contribution is 2.26. The lowest BCUT2D eigenvalue weighted by atomic mass is 10.1. The van der Waals surface area contributed by atoms with Crippen molar-refractivity contribution in [1.82, 2.24) is 5.32 Å². The molecule has 0 saturated heterocycles. The van der Waals surface area contributed by atoms with Crippen LogP contribution in [0.3, 0.4) is 0 Å². The number of hydrogen-bond donors (Lipinski definition) is 1. The Balaban J connectivity index is 2.03. The molecular formula is C20H20BrN3O. The second-order valence-electron chi connectivity index (χ2n) is 5.77. The fourth-order valence-corrected chi connectivity index (χ4v) is 3.10. The molecule has 0 bridgehead atoms. The van der Waals surface area contributed by atoms with Crippen molar-refractivity contribution in [2.24, 2.45) is 0 Å². The number of halogens is 1. The van der Waals surface area contributed by atoms with Gasteiger partial charge in [-0.05, 0) is 51.7 Å². The molecule has 0 radical (unpaired) electrons. The van der Waals surface area contributed by atoms with Crippen molar-refractivity contribution in [1.29, 1.82) is 5.26 Å². The monoisotopic (exact) mass is 397 g/mol. The van der Waals surface area contributed by atoms with Crippen molar-refractivity contribution in [3.8, 4) is 6.07 Å². The zero-order valence-electron chi connectivity index (χ0n) is 14.3. The third kappa shape index (κ3) is 5.47. The summed E-state index contributed by atoms with van der Waals surface area (Å²) in [6.07, 6.45) is 2.33. The molecule has 1 amide bonds. The minimum atomic E-state index is -0.355. The van der Waals surface area contributed by atoms with Gasteiger partial charge in [-0.25, -0.2) is 0 Å². The lowest BCUT2D eigenvalue weighted by molar-refractivity contribution is -0.117. The lowest BCUT2D eigenvalue weighted by Crippen LogP contribution is -2.26. The maximum Gasteiger partial charge on any atom is 0.261 e. The van der Waals surface area contributed by atoms with Gasteiger partial charge in [0.25, 0.3) is 5.91 Å². The second kappa shape index (κ2) is 9.05. The summed E-state index contributed by atoms with van der Waals surface area (Å²) in [7, 11) is 3.91. The number of amides is 1. The Labute approximate surface area is 156 Å². The summed E-state index contributed by atoms with van der Waals surface area (Å²) in [5.74, 6) is -0.355. The van der Waals surface area contributed by atoms with E-state index in [4.69, 9.17) is 0 Å². The lowest BCUT2D eigenvalue weighted by Gasteiger charge is -2.14. The van der Waals surface area contributed by atoms with Crippen LogP contribution in [-0.4, -0.2) is 26.5 Å². The van der Waals surface area contributed by atoms with Crippen LogP contribution in [0.25, 0.3) is 6.08 Å². The molecule has 0 aliphatic carbocycles. The summed E-state index contributed by atoms with van der Waals surface area (Å²) < 4.78 is 0.910. The molecule has 0 unspecified atom stereocenters. The van der Waals surface area contributed by atoms with Crippen molar-refractivity contribution >= 4 is 33.6 Å². The van der Waals surface area contributed by atoms with E-state index in [0.717, 1.165) is 27.7 Å². The SMILES string of the molecule is CN(C)c1ccc(/C=C(\C#N)C(=O)NCCc2ccccc2)cc1Br.